The average Bonchev–Trinajstić information content (AvgIpc) is 2.60. The summed E-state index contributed by atoms with van der Waals surface area (Å²) < 4.78 is 31.4. The van der Waals surface area contributed by atoms with Gasteiger partial charge in [0.25, 0.3) is 0 Å². The van der Waals surface area contributed by atoms with Gasteiger partial charge in [0.15, 0.2) is 0 Å². The second-order valence-corrected chi connectivity index (χ2v) is 8.35. The first-order valence-electron chi connectivity index (χ1n) is 8.69. The summed E-state index contributed by atoms with van der Waals surface area (Å²) in [7, 11) is -2.18. The number of aryl methyl sites for hydroxylation is 2. The summed E-state index contributed by atoms with van der Waals surface area (Å²) in [5, 5.41) is 2.86. The lowest BCUT2D eigenvalue weighted by molar-refractivity contribution is -0.117. The van der Waals surface area contributed by atoms with Crippen LogP contribution in [0.2, 0.25) is 0 Å². The molecule has 0 saturated heterocycles. The first-order valence-corrected chi connectivity index (χ1v) is 10.5. The number of benzene rings is 2. The van der Waals surface area contributed by atoms with Gasteiger partial charge in [-0.15, -0.1) is 0 Å². The van der Waals surface area contributed by atoms with Crippen molar-refractivity contribution in [2.45, 2.75) is 33.2 Å². The fourth-order valence-electron chi connectivity index (χ4n) is 2.98. The van der Waals surface area contributed by atoms with Crippen molar-refractivity contribution in [3.05, 3.63) is 53.6 Å². The van der Waals surface area contributed by atoms with Crippen LogP contribution in [0.15, 0.2) is 42.5 Å². The van der Waals surface area contributed by atoms with Gasteiger partial charge >= 0.3 is 0 Å². The number of carbonyl (C=O) groups excluding carboxylic acids is 1. The number of ether oxygens (including phenoxy) is 1. The Balaban J connectivity index is 2.41. The van der Waals surface area contributed by atoms with Crippen LogP contribution in [0, 0.1) is 13.8 Å². The molecule has 2 rings (SSSR count). The van der Waals surface area contributed by atoms with Crippen molar-refractivity contribution in [1.29, 1.82) is 0 Å². The molecule has 1 amide bonds. The van der Waals surface area contributed by atoms with Crippen LogP contribution in [0.5, 0.6) is 5.75 Å². The van der Waals surface area contributed by atoms with Gasteiger partial charge in [0, 0.05) is 11.8 Å². The van der Waals surface area contributed by atoms with Gasteiger partial charge in [0.05, 0.1) is 19.1 Å². The summed E-state index contributed by atoms with van der Waals surface area (Å²) in [4.78, 5) is 12.9. The Bertz CT molecular complexity index is 925. The standard InChI is InChI=1S/C20H26N2O4S/c1-6-19(20(23)21-18-11-10-14(2)12-15(18)3)22(27(5,24)25)16-8-7-9-17(13-16)26-4/h7-13,19H,6H2,1-5H3,(H,21,23)/t19-/m1/s1. The van der Waals surface area contributed by atoms with E-state index in [0.29, 0.717) is 23.5 Å². The highest BCUT2D eigenvalue weighted by molar-refractivity contribution is 7.92. The molecule has 0 aliphatic rings. The lowest BCUT2D eigenvalue weighted by atomic mass is 10.1. The molecule has 0 fully saturated rings. The number of methoxy groups -OCH3 is 1. The number of amides is 1. The smallest absolute Gasteiger partial charge is 0.248 e. The van der Waals surface area contributed by atoms with E-state index in [0.717, 1.165) is 21.7 Å². The number of carbonyl (C=O) groups is 1. The van der Waals surface area contributed by atoms with Gasteiger partial charge < -0.3 is 10.1 Å². The van der Waals surface area contributed by atoms with Crippen molar-refractivity contribution in [2.24, 2.45) is 0 Å². The van der Waals surface area contributed by atoms with E-state index in [1.165, 1.54) is 7.11 Å². The van der Waals surface area contributed by atoms with Gasteiger partial charge in [0.1, 0.15) is 11.8 Å². The summed E-state index contributed by atoms with van der Waals surface area (Å²) in [6.45, 7) is 5.66. The summed E-state index contributed by atoms with van der Waals surface area (Å²) >= 11 is 0. The van der Waals surface area contributed by atoms with E-state index in [9.17, 15) is 13.2 Å². The predicted molar refractivity (Wildman–Crippen MR) is 109 cm³/mol. The zero-order chi connectivity index (χ0) is 20.2. The topological polar surface area (TPSA) is 75.7 Å². The molecule has 1 atom stereocenters. The first kappa shape index (κ1) is 20.8. The summed E-state index contributed by atoms with van der Waals surface area (Å²) in [6, 6.07) is 11.5. The first-order chi connectivity index (χ1) is 12.7. The minimum atomic E-state index is -3.69. The van der Waals surface area contributed by atoms with Crippen LogP contribution in [-0.4, -0.2) is 33.7 Å². The molecule has 0 aliphatic carbocycles. The van der Waals surface area contributed by atoms with Crippen LogP contribution >= 0.6 is 0 Å². The van der Waals surface area contributed by atoms with Crippen LogP contribution in [0.4, 0.5) is 11.4 Å². The van der Waals surface area contributed by atoms with Gasteiger partial charge in [-0.1, -0.05) is 30.7 Å². The Morgan fingerprint density at radius 3 is 2.44 bits per heavy atom. The predicted octanol–water partition coefficient (Wildman–Crippen LogP) is 3.50. The summed E-state index contributed by atoms with van der Waals surface area (Å²) in [5.41, 5.74) is 3.07. The molecule has 0 heterocycles. The van der Waals surface area contributed by atoms with Gasteiger partial charge in [0.2, 0.25) is 15.9 Å². The van der Waals surface area contributed by atoms with E-state index < -0.39 is 16.1 Å². The maximum atomic E-state index is 12.9. The van der Waals surface area contributed by atoms with Crippen molar-refractivity contribution < 1.29 is 17.9 Å². The molecule has 0 saturated carbocycles. The molecular weight excluding hydrogens is 364 g/mol. The van der Waals surface area contributed by atoms with Crippen LogP contribution in [0.3, 0.4) is 0 Å². The quantitative estimate of drug-likeness (QED) is 0.785. The fourth-order valence-corrected chi connectivity index (χ4v) is 4.18. The van der Waals surface area contributed by atoms with Crippen molar-refractivity contribution in [3.63, 3.8) is 0 Å². The van der Waals surface area contributed by atoms with E-state index in [2.05, 4.69) is 5.32 Å². The Morgan fingerprint density at radius 2 is 1.89 bits per heavy atom. The Kier molecular flexibility index (Phi) is 6.49. The molecule has 146 valence electrons. The Hall–Kier alpha value is -2.54. The average molecular weight is 391 g/mol. The number of hydrogen-bond donors (Lipinski definition) is 1. The SMILES string of the molecule is CC[C@H](C(=O)Nc1ccc(C)cc1C)N(c1cccc(OC)c1)S(C)(=O)=O. The van der Waals surface area contributed by atoms with Crippen LogP contribution in [0.25, 0.3) is 0 Å². The molecule has 2 aromatic rings. The van der Waals surface area contributed by atoms with Gasteiger partial charge in [-0.25, -0.2) is 8.42 Å². The van der Waals surface area contributed by atoms with Crippen LogP contribution in [0.1, 0.15) is 24.5 Å². The minimum absolute atomic E-state index is 0.320. The molecule has 27 heavy (non-hydrogen) atoms. The molecule has 7 heteroatoms. The molecule has 1 N–H and O–H groups in total. The van der Waals surface area contributed by atoms with E-state index in [1.807, 2.05) is 32.0 Å². The zero-order valence-electron chi connectivity index (χ0n) is 16.3. The number of nitrogens with one attached hydrogen (secondary N) is 1. The molecule has 0 spiro atoms. The van der Waals surface area contributed by atoms with Crippen LogP contribution < -0.4 is 14.4 Å². The second-order valence-electron chi connectivity index (χ2n) is 6.49. The number of sulfonamides is 1. The highest BCUT2D eigenvalue weighted by Gasteiger charge is 2.32. The van der Waals surface area contributed by atoms with Crippen molar-refractivity contribution in [1.82, 2.24) is 0 Å². The van der Waals surface area contributed by atoms with E-state index in [1.54, 1.807) is 31.2 Å². The van der Waals surface area contributed by atoms with Crippen molar-refractivity contribution >= 4 is 27.3 Å². The number of hydrogen-bond acceptors (Lipinski definition) is 4. The van der Waals surface area contributed by atoms with E-state index in [-0.39, 0.29) is 5.91 Å². The maximum absolute atomic E-state index is 12.9. The third kappa shape index (κ3) is 5.01. The molecule has 0 aromatic heterocycles. The van der Waals surface area contributed by atoms with E-state index in [4.69, 9.17) is 4.74 Å². The van der Waals surface area contributed by atoms with E-state index >= 15 is 0 Å². The molecule has 0 bridgehead atoms. The third-order valence-corrected chi connectivity index (χ3v) is 5.46. The van der Waals surface area contributed by atoms with Crippen LogP contribution in [-0.2, 0) is 14.8 Å². The van der Waals surface area contributed by atoms with Crippen molar-refractivity contribution in [2.75, 3.05) is 23.0 Å². The summed E-state index contributed by atoms with van der Waals surface area (Å²) in [5.74, 6) is 0.142. The molecule has 0 aliphatic heterocycles. The van der Waals surface area contributed by atoms with Crippen molar-refractivity contribution in [3.8, 4) is 5.75 Å². The Morgan fingerprint density at radius 1 is 1.19 bits per heavy atom. The molecular formula is C20H26N2O4S. The largest absolute Gasteiger partial charge is 0.497 e. The number of anilines is 2. The monoisotopic (exact) mass is 390 g/mol. The lowest BCUT2D eigenvalue weighted by Gasteiger charge is -2.30. The highest BCUT2D eigenvalue weighted by Crippen LogP contribution is 2.27. The highest BCUT2D eigenvalue weighted by atomic mass is 32.2. The van der Waals surface area contributed by atoms with Gasteiger partial charge in [-0.3, -0.25) is 9.10 Å². The number of rotatable bonds is 7. The van der Waals surface area contributed by atoms with Gasteiger partial charge in [-0.05, 0) is 44.0 Å². The Labute approximate surface area is 161 Å². The molecule has 0 radical (unpaired) electrons. The molecule has 6 nitrogen and oxygen atoms in total. The summed E-state index contributed by atoms with van der Waals surface area (Å²) in [6.07, 6.45) is 1.42. The zero-order valence-corrected chi connectivity index (χ0v) is 17.1. The molecule has 2 aromatic carbocycles. The minimum Gasteiger partial charge on any atom is -0.497 e. The fraction of sp³-hybridized carbons (Fsp3) is 0.350. The number of nitrogens with zero attached hydrogens (tertiary/aromatic N) is 1. The maximum Gasteiger partial charge on any atom is 0.248 e. The second kappa shape index (κ2) is 8.43. The third-order valence-electron chi connectivity index (χ3n) is 4.28. The molecule has 0 unspecified atom stereocenters. The lowest BCUT2D eigenvalue weighted by Crippen LogP contribution is -2.47. The van der Waals surface area contributed by atoms with Gasteiger partial charge in [-0.2, -0.15) is 0 Å². The normalized spacial score (nSPS) is 12.3.